The molecule has 0 radical (unpaired) electrons. The molecule has 0 bridgehead atoms. The molecule has 1 atom stereocenters. The summed E-state index contributed by atoms with van der Waals surface area (Å²) in [6, 6.07) is 3.99. The van der Waals surface area contributed by atoms with Crippen LogP contribution in [0.3, 0.4) is 0 Å². The molecular formula is C14H21ClN2O. The zero-order valence-corrected chi connectivity index (χ0v) is 12.0. The molecule has 1 aliphatic rings. The van der Waals surface area contributed by atoms with Crippen molar-refractivity contribution in [2.45, 2.75) is 45.3 Å². The van der Waals surface area contributed by atoms with Crippen LogP contribution in [0.1, 0.15) is 44.4 Å². The Labute approximate surface area is 114 Å². The van der Waals surface area contributed by atoms with Crippen LogP contribution in [0.2, 0.25) is 5.02 Å². The Morgan fingerprint density at radius 3 is 2.83 bits per heavy atom. The van der Waals surface area contributed by atoms with Gasteiger partial charge in [-0.15, -0.1) is 0 Å². The molecule has 0 saturated heterocycles. The number of fused-ring (bicyclic) bond motifs is 1. The first-order valence-electron chi connectivity index (χ1n) is 6.32. The monoisotopic (exact) mass is 268 g/mol. The number of nitrogens with two attached hydrogens (primary N) is 1. The smallest absolute Gasteiger partial charge is 0.124 e. The molecule has 100 valence electrons. The molecule has 1 aromatic rings. The van der Waals surface area contributed by atoms with Crippen molar-refractivity contribution in [2.75, 3.05) is 6.61 Å². The number of benzene rings is 1. The first-order chi connectivity index (χ1) is 8.37. The van der Waals surface area contributed by atoms with Gasteiger partial charge in [-0.1, -0.05) is 11.6 Å². The summed E-state index contributed by atoms with van der Waals surface area (Å²) in [5, 5.41) is 4.18. The summed E-state index contributed by atoms with van der Waals surface area (Å²) in [7, 11) is 0. The van der Waals surface area contributed by atoms with Crippen LogP contribution in [0.4, 0.5) is 0 Å². The average molecular weight is 269 g/mol. The first kappa shape index (κ1) is 13.7. The van der Waals surface area contributed by atoms with Crippen molar-refractivity contribution >= 4 is 11.6 Å². The van der Waals surface area contributed by atoms with E-state index in [0.717, 1.165) is 34.9 Å². The van der Waals surface area contributed by atoms with Gasteiger partial charge in [0, 0.05) is 35.1 Å². The van der Waals surface area contributed by atoms with Crippen LogP contribution in [0.15, 0.2) is 12.1 Å². The second-order valence-electron chi connectivity index (χ2n) is 5.83. The van der Waals surface area contributed by atoms with Gasteiger partial charge in [0.1, 0.15) is 5.75 Å². The number of hydrogen-bond acceptors (Lipinski definition) is 3. The third kappa shape index (κ3) is 3.16. The van der Waals surface area contributed by atoms with Crippen LogP contribution in [-0.4, -0.2) is 12.1 Å². The van der Waals surface area contributed by atoms with Gasteiger partial charge in [-0.05, 0) is 38.5 Å². The molecule has 0 aromatic heterocycles. The zero-order chi connectivity index (χ0) is 13.3. The highest BCUT2D eigenvalue weighted by Crippen LogP contribution is 2.35. The largest absolute Gasteiger partial charge is 0.493 e. The molecule has 18 heavy (non-hydrogen) atoms. The van der Waals surface area contributed by atoms with Gasteiger partial charge in [0.2, 0.25) is 0 Å². The summed E-state index contributed by atoms with van der Waals surface area (Å²) in [5.74, 6) is 0.879. The zero-order valence-electron chi connectivity index (χ0n) is 11.2. The Bertz CT molecular complexity index is 440. The fourth-order valence-corrected chi connectivity index (χ4v) is 2.21. The molecule has 3 nitrogen and oxygen atoms in total. The second kappa shape index (κ2) is 5.08. The maximum atomic E-state index is 6.30. The predicted octanol–water partition coefficient (Wildman–Crippen LogP) is 3.01. The molecule has 1 heterocycles. The molecule has 2 rings (SSSR count). The van der Waals surface area contributed by atoms with Gasteiger partial charge in [0.15, 0.2) is 0 Å². The van der Waals surface area contributed by atoms with Gasteiger partial charge in [0.05, 0.1) is 6.61 Å². The third-order valence-electron chi connectivity index (χ3n) is 3.07. The van der Waals surface area contributed by atoms with Crippen molar-refractivity contribution in [3.8, 4) is 5.75 Å². The third-order valence-corrected chi connectivity index (χ3v) is 3.43. The molecule has 1 aromatic carbocycles. The van der Waals surface area contributed by atoms with Crippen LogP contribution >= 0.6 is 11.6 Å². The maximum Gasteiger partial charge on any atom is 0.124 e. The minimum atomic E-state index is 0.0378. The molecule has 3 N–H and O–H groups in total. The summed E-state index contributed by atoms with van der Waals surface area (Å²) >= 11 is 6.30. The number of rotatable bonds is 2. The van der Waals surface area contributed by atoms with Crippen LogP contribution in [0.25, 0.3) is 0 Å². The van der Waals surface area contributed by atoms with Crippen LogP contribution < -0.4 is 15.8 Å². The normalized spacial score (nSPS) is 19.3. The summed E-state index contributed by atoms with van der Waals surface area (Å²) in [5.41, 5.74) is 8.19. The molecule has 0 aliphatic carbocycles. The molecule has 0 fully saturated rings. The lowest BCUT2D eigenvalue weighted by Crippen LogP contribution is -2.35. The SMILES string of the molecule is CC(C)(C)NCc1cc2c(cc1Cl)C(N)CCO2. The molecule has 0 spiro atoms. The summed E-state index contributed by atoms with van der Waals surface area (Å²) in [6.07, 6.45) is 0.850. The first-order valence-corrected chi connectivity index (χ1v) is 6.70. The number of halogens is 1. The maximum absolute atomic E-state index is 6.30. The Morgan fingerprint density at radius 2 is 2.17 bits per heavy atom. The standard InChI is InChI=1S/C14H21ClN2O/c1-14(2,3)17-8-9-6-13-10(7-11(9)15)12(16)4-5-18-13/h6-7,12,17H,4-5,8,16H2,1-3H3. The Morgan fingerprint density at radius 1 is 1.44 bits per heavy atom. The van der Waals surface area contributed by atoms with Gasteiger partial charge in [-0.3, -0.25) is 0 Å². The van der Waals surface area contributed by atoms with E-state index in [1.165, 1.54) is 0 Å². The highest BCUT2D eigenvalue weighted by Gasteiger charge is 2.20. The topological polar surface area (TPSA) is 47.3 Å². The summed E-state index contributed by atoms with van der Waals surface area (Å²) in [6.45, 7) is 7.80. The highest BCUT2D eigenvalue weighted by atomic mass is 35.5. The van der Waals surface area contributed by atoms with Crippen LogP contribution in [0.5, 0.6) is 5.75 Å². The molecule has 4 heteroatoms. The lowest BCUT2D eigenvalue weighted by Gasteiger charge is -2.25. The van der Waals surface area contributed by atoms with Gasteiger partial charge in [0.25, 0.3) is 0 Å². The lowest BCUT2D eigenvalue weighted by atomic mass is 9.99. The molecule has 0 amide bonds. The second-order valence-corrected chi connectivity index (χ2v) is 6.24. The van der Waals surface area contributed by atoms with E-state index in [9.17, 15) is 0 Å². The van der Waals surface area contributed by atoms with Gasteiger partial charge in [-0.2, -0.15) is 0 Å². The fraction of sp³-hybridized carbons (Fsp3) is 0.571. The average Bonchev–Trinajstić information content (AvgIpc) is 2.27. The Balaban J connectivity index is 2.22. The van der Waals surface area contributed by atoms with E-state index < -0.39 is 0 Å². The molecule has 1 aliphatic heterocycles. The minimum Gasteiger partial charge on any atom is -0.493 e. The Hall–Kier alpha value is -0.770. The van der Waals surface area contributed by atoms with E-state index in [2.05, 4.69) is 26.1 Å². The summed E-state index contributed by atoms with van der Waals surface area (Å²) < 4.78 is 5.66. The predicted molar refractivity (Wildman–Crippen MR) is 75.1 cm³/mol. The fourth-order valence-electron chi connectivity index (χ4n) is 1.97. The van der Waals surface area contributed by atoms with Gasteiger partial charge in [-0.25, -0.2) is 0 Å². The van der Waals surface area contributed by atoms with Crippen molar-refractivity contribution < 1.29 is 4.74 Å². The van der Waals surface area contributed by atoms with Crippen molar-refractivity contribution in [1.29, 1.82) is 0 Å². The van der Waals surface area contributed by atoms with Gasteiger partial charge < -0.3 is 15.8 Å². The van der Waals surface area contributed by atoms with Gasteiger partial charge >= 0.3 is 0 Å². The number of nitrogens with one attached hydrogen (secondary N) is 1. The molecule has 0 saturated carbocycles. The number of ether oxygens (including phenoxy) is 1. The van der Waals surface area contributed by atoms with Crippen molar-refractivity contribution in [1.82, 2.24) is 5.32 Å². The van der Waals surface area contributed by atoms with E-state index in [-0.39, 0.29) is 11.6 Å². The van der Waals surface area contributed by atoms with Crippen LogP contribution in [0, 0.1) is 0 Å². The van der Waals surface area contributed by atoms with E-state index >= 15 is 0 Å². The van der Waals surface area contributed by atoms with E-state index in [1.807, 2.05) is 12.1 Å². The molecular weight excluding hydrogens is 248 g/mol. The molecule has 1 unspecified atom stereocenters. The van der Waals surface area contributed by atoms with Crippen molar-refractivity contribution in [3.05, 3.63) is 28.3 Å². The summed E-state index contributed by atoms with van der Waals surface area (Å²) in [4.78, 5) is 0. The minimum absolute atomic E-state index is 0.0378. The van der Waals surface area contributed by atoms with Crippen molar-refractivity contribution in [3.63, 3.8) is 0 Å². The highest BCUT2D eigenvalue weighted by molar-refractivity contribution is 6.31. The van der Waals surface area contributed by atoms with E-state index in [1.54, 1.807) is 0 Å². The number of hydrogen-bond donors (Lipinski definition) is 2. The lowest BCUT2D eigenvalue weighted by molar-refractivity contribution is 0.268. The Kier molecular flexibility index (Phi) is 3.85. The van der Waals surface area contributed by atoms with Crippen LogP contribution in [-0.2, 0) is 6.54 Å². The van der Waals surface area contributed by atoms with E-state index in [0.29, 0.717) is 6.61 Å². The quantitative estimate of drug-likeness (QED) is 0.867. The van der Waals surface area contributed by atoms with E-state index in [4.69, 9.17) is 22.1 Å². The van der Waals surface area contributed by atoms with Crippen molar-refractivity contribution in [2.24, 2.45) is 5.73 Å².